The van der Waals surface area contributed by atoms with E-state index in [1.165, 1.54) is 0 Å². The second-order valence-electron chi connectivity index (χ2n) is 4.77. The van der Waals surface area contributed by atoms with Gasteiger partial charge in [-0.1, -0.05) is 22.0 Å². The highest BCUT2D eigenvalue weighted by molar-refractivity contribution is 9.10. The molecule has 1 amide bonds. The number of hydrogen-bond donors (Lipinski definition) is 2. The predicted molar refractivity (Wildman–Crippen MR) is 76.0 cm³/mol. The van der Waals surface area contributed by atoms with E-state index < -0.39 is 0 Å². The summed E-state index contributed by atoms with van der Waals surface area (Å²) in [6.07, 6.45) is 2.89. The Morgan fingerprint density at radius 1 is 1.53 bits per heavy atom. The highest BCUT2D eigenvalue weighted by Crippen LogP contribution is 2.33. The van der Waals surface area contributed by atoms with Crippen LogP contribution in [-0.4, -0.2) is 30.3 Å². The first-order valence-electron chi connectivity index (χ1n) is 6.47. The molecule has 0 aromatic heterocycles. The second kappa shape index (κ2) is 6.91. The van der Waals surface area contributed by atoms with Crippen molar-refractivity contribution in [2.75, 3.05) is 13.2 Å². The fourth-order valence-electron chi connectivity index (χ4n) is 2.02. The number of ether oxygens (including phenoxy) is 1. The lowest BCUT2D eigenvalue weighted by molar-refractivity contribution is -0.124. The Balaban J connectivity index is 1.77. The summed E-state index contributed by atoms with van der Waals surface area (Å²) in [5, 5.41) is 11.9. The van der Waals surface area contributed by atoms with E-state index >= 15 is 0 Å². The molecule has 104 valence electrons. The van der Waals surface area contributed by atoms with Gasteiger partial charge in [0.1, 0.15) is 5.75 Å². The summed E-state index contributed by atoms with van der Waals surface area (Å²) in [6.45, 7) is 0.110. The van der Waals surface area contributed by atoms with Crippen molar-refractivity contribution in [3.8, 4) is 5.75 Å². The fraction of sp³-hybridized carbons (Fsp3) is 0.500. The Morgan fingerprint density at radius 3 is 2.95 bits per heavy atom. The molecule has 1 atom stereocenters. The molecule has 0 saturated heterocycles. The standard InChI is InChI=1S/C14H18BrNO3/c15-11-2-1-3-12(8-11)19-9-14(18)16-13(6-7-17)10-4-5-10/h1-3,8,10,13,17H,4-7,9H2,(H,16,18). The van der Waals surface area contributed by atoms with E-state index in [0.29, 0.717) is 18.1 Å². The highest BCUT2D eigenvalue weighted by Gasteiger charge is 2.31. The van der Waals surface area contributed by atoms with Gasteiger partial charge in [0, 0.05) is 17.1 Å². The van der Waals surface area contributed by atoms with Gasteiger partial charge in [0.05, 0.1) is 0 Å². The summed E-state index contributed by atoms with van der Waals surface area (Å²) in [6, 6.07) is 7.47. The van der Waals surface area contributed by atoms with Crippen molar-refractivity contribution >= 4 is 21.8 Å². The van der Waals surface area contributed by atoms with E-state index in [9.17, 15) is 4.79 Å². The minimum Gasteiger partial charge on any atom is -0.484 e. The predicted octanol–water partition coefficient (Wildman–Crippen LogP) is 2.11. The number of carbonyl (C=O) groups excluding carboxylic acids is 1. The lowest BCUT2D eigenvalue weighted by Crippen LogP contribution is -2.39. The number of aliphatic hydroxyl groups excluding tert-OH is 1. The minimum absolute atomic E-state index is 0.00506. The van der Waals surface area contributed by atoms with Gasteiger partial charge in [0.25, 0.3) is 5.91 Å². The topological polar surface area (TPSA) is 58.6 Å². The van der Waals surface area contributed by atoms with Crippen molar-refractivity contribution in [2.45, 2.75) is 25.3 Å². The Bertz CT molecular complexity index is 434. The molecule has 4 nitrogen and oxygen atoms in total. The van der Waals surface area contributed by atoms with E-state index in [4.69, 9.17) is 9.84 Å². The van der Waals surface area contributed by atoms with Gasteiger partial charge in [-0.3, -0.25) is 4.79 Å². The first-order valence-corrected chi connectivity index (χ1v) is 7.27. The van der Waals surface area contributed by atoms with Gasteiger partial charge in [-0.2, -0.15) is 0 Å². The van der Waals surface area contributed by atoms with Crippen molar-refractivity contribution < 1.29 is 14.6 Å². The lowest BCUT2D eigenvalue weighted by atomic mass is 10.1. The molecule has 1 unspecified atom stereocenters. The monoisotopic (exact) mass is 327 g/mol. The number of amides is 1. The van der Waals surface area contributed by atoms with Crippen LogP contribution in [0.25, 0.3) is 0 Å². The molecular formula is C14H18BrNO3. The molecule has 0 aliphatic heterocycles. The lowest BCUT2D eigenvalue weighted by Gasteiger charge is -2.17. The van der Waals surface area contributed by atoms with Gasteiger partial charge in [-0.05, 0) is 43.4 Å². The fourth-order valence-corrected chi connectivity index (χ4v) is 2.40. The SMILES string of the molecule is O=C(COc1cccc(Br)c1)NC(CCO)C1CC1. The average Bonchev–Trinajstić information content (AvgIpc) is 3.20. The Labute approximate surface area is 121 Å². The first-order chi connectivity index (χ1) is 9.19. The summed E-state index contributed by atoms with van der Waals surface area (Å²) < 4.78 is 6.34. The average molecular weight is 328 g/mol. The molecule has 2 rings (SSSR count). The van der Waals surface area contributed by atoms with Gasteiger partial charge in [0.15, 0.2) is 6.61 Å². The number of halogens is 1. The maximum atomic E-state index is 11.8. The van der Waals surface area contributed by atoms with E-state index in [1.54, 1.807) is 0 Å². The molecule has 0 bridgehead atoms. The zero-order valence-electron chi connectivity index (χ0n) is 10.6. The molecule has 5 heteroatoms. The quantitative estimate of drug-likeness (QED) is 0.806. The van der Waals surface area contributed by atoms with Crippen LogP contribution in [0.4, 0.5) is 0 Å². The molecule has 1 fully saturated rings. The number of aliphatic hydroxyl groups is 1. The summed E-state index contributed by atoms with van der Waals surface area (Å²) >= 11 is 3.35. The second-order valence-corrected chi connectivity index (χ2v) is 5.69. The van der Waals surface area contributed by atoms with Crippen LogP contribution < -0.4 is 10.1 Å². The van der Waals surface area contributed by atoms with Crippen LogP contribution in [0.5, 0.6) is 5.75 Å². The van der Waals surface area contributed by atoms with Crippen LogP contribution in [0.2, 0.25) is 0 Å². The molecule has 0 spiro atoms. The van der Waals surface area contributed by atoms with Crippen molar-refractivity contribution in [3.05, 3.63) is 28.7 Å². The molecule has 0 radical (unpaired) electrons. The van der Waals surface area contributed by atoms with E-state index in [2.05, 4.69) is 21.2 Å². The number of rotatable bonds is 7. The Kier molecular flexibility index (Phi) is 5.22. The molecule has 19 heavy (non-hydrogen) atoms. The molecule has 1 aromatic carbocycles. The number of carbonyl (C=O) groups is 1. The van der Waals surface area contributed by atoms with Crippen LogP contribution in [0.1, 0.15) is 19.3 Å². The van der Waals surface area contributed by atoms with Crippen molar-refractivity contribution in [1.29, 1.82) is 0 Å². The van der Waals surface area contributed by atoms with Gasteiger partial charge >= 0.3 is 0 Å². The zero-order valence-corrected chi connectivity index (χ0v) is 12.2. The molecule has 0 heterocycles. The van der Waals surface area contributed by atoms with Gasteiger partial charge in [-0.25, -0.2) is 0 Å². The van der Waals surface area contributed by atoms with Crippen molar-refractivity contribution in [1.82, 2.24) is 5.32 Å². The van der Waals surface area contributed by atoms with E-state index in [-0.39, 0.29) is 25.2 Å². The smallest absolute Gasteiger partial charge is 0.258 e. The third kappa shape index (κ3) is 4.84. The van der Waals surface area contributed by atoms with Crippen LogP contribution in [-0.2, 0) is 4.79 Å². The molecule has 1 aliphatic carbocycles. The molecule has 1 aliphatic rings. The van der Waals surface area contributed by atoms with Crippen molar-refractivity contribution in [3.63, 3.8) is 0 Å². The first kappa shape index (κ1) is 14.3. The number of nitrogens with one attached hydrogen (secondary N) is 1. The molecule has 1 saturated carbocycles. The third-order valence-corrected chi connectivity index (χ3v) is 3.64. The van der Waals surface area contributed by atoms with Gasteiger partial charge in [0.2, 0.25) is 0 Å². The summed E-state index contributed by atoms with van der Waals surface area (Å²) in [5.41, 5.74) is 0. The minimum atomic E-state index is -0.134. The van der Waals surface area contributed by atoms with Gasteiger partial charge < -0.3 is 15.2 Å². The Hall–Kier alpha value is -1.07. The number of benzene rings is 1. The number of hydrogen-bond acceptors (Lipinski definition) is 3. The van der Waals surface area contributed by atoms with Gasteiger partial charge in [-0.15, -0.1) is 0 Å². The maximum absolute atomic E-state index is 11.8. The van der Waals surface area contributed by atoms with E-state index in [1.807, 2.05) is 24.3 Å². The van der Waals surface area contributed by atoms with E-state index in [0.717, 1.165) is 17.3 Å². The third-order valence-electron chi connectivity index (χ3n) is 3.14. The molecular weight excluding hydrogens is 310 g/mol. The zero-order chi connectivity index (χ0) is 13.7. The van der Waals surface area contributed by atoms with Crippen LogP contribution in [0.3, 0.4) is 0 Å². The van der Waals surface area contributed by atoms with Crippen LogP contribution in [0.15, 0.2) is 28.7 Å². The summed E-state index contributed by atoms with van der Waals surface area (Å²) in [5.74, 6) is 1.06. The maximum Gasteiger partial charge on any atom is 0.258 e. The van der Waals surface area contributed by atoms with Crippen LogP contribution in [0, 0.1) is 5.92 Å². The van der Waals surface area contributed by atoms with Crippen LogP contribution >= 0.6 is 15.9 Å². The molecule has 2 N–H and O–H groups in total. The normalized spacial score (nSPS) is 15.9. The molecule has 1 aromatic rings. The summed E-state index contributed by atoms with van der Waals surface area (Å²) in [4.78, 5) is 11.8. The highest BCUT2D eigenvalue weighted by atomic mass is 79.9. The summed E-state index contributed by atoms with van der Waals surface area (Å²) in [7, 11) is 0. The van der Waals surface area contributed by atoms with Crippen molar-refractivity contribution in [2.24, 2.45) is 5.92 Å². The Morgan fingerprint density at radius 2 is 2.32 bits per heavy atom. The largest absolute Gasteiger partial charge is 0.484 e.